The Hall–Kier alpha value is -0.910. The van der Waals surface area contributed by atoms with Gasteiger partial charge < -0.3 is 25.2 Å². The molecule has 0 saturated heterocycles. The number of hydrogen-bond acceptors (Lipinski definition) is 7. The molecular weight excluding hydrogens is 537 g/mol. The van der Waals surface area contributed by atoms with E-state index in [0.29, 0.717) is 0 Å². The topological polar surface area (TPSA) is 148 Å². The van der Waals surface area contributed by atoms with Crippen LogP contribution < -0.4 is 10.6 Å². The first kappa shape index (κ1) is 29.1. The quantitative estimate of drug-likeness (QED) is 0.198. The predicted molar refractivity (Wildman–Crippen MR) is 109 cm³/mol. The molecule has 0 rings (SSSR count). The summed E-state index contributed by atoms with van der Waals surface area (Å²) in [4.78, 5) is 57.3. The van der Waals surface area contributed by atoms with Gasteiger partial charge in [-0.1, -0.05) is 69.6 Å². The van der Waals surface area contributed by atoms with Crippen molar-refractivity contribution in [2.75, 3.05) is 26.3 Å². The Bertz CT molecular complexity index is 649. The summed E-state index contributed by atoms with van der Waals surface area (Å²) in [6.45, 7) is -1.08. The third-order valence-electron chi connectivity index (χ3n) is 2.96. The summed E-state index contributed by atoms with van der Waals surface area (Å²) in [5.41, 5.74) is 0. The van der Waals surface area contributed by atoms with E-state index in [9.17, 15) is 24.0 Å². The minimum atomic E-state index is -2.20. The van der Waals surface area contributed by atoms with E-state index in [1.807, 2.05) is 0 Å². The second-order valence-corrected chi connectivity index (χ2v) is 9.96. The highest BCUT2D eigenvalue weighted by Crippen LogP contribution is 2.26. The molecule has 0 aromatic heterocycles. The van der Waals surface area contributed by atoms with Crippen molar-refractivity contribution in [2.24, 2.45) is 5.92 Å². The van der Waals surface area contributed by atoms with Crippen molar-refractivity contribution in [3.05, 3.63) is 0 Å². The number of hydrogen-bond donors (Lipinski definition) is 3. The van der Waals surface area contributed by atoms with Crippen LogP contribution in [0.1, 0.15) is 12.8 Å². The van der Waals surface area contributed by atoms with Gasteiger partial charge in [-0.3, -0.25) is 24.0 Å². The summed E-state index contributed by atoms with van der Waals surface area (Å²) in [5, 5.41) is 13.2. The van der Waals surface area contributed by atoms with Crippen molar-refractivity contribution < 1.29 is 38.6 Å². The van der Waals surface area contributed by atoms with E-state index >= 15 is 0 Å². The number of carbonyl (C=O) groups is 5. The molecule has 0 radical (unpaired) electrons. The van der Waals surface area contributed by atoms with E-state index in [-0.39, 0.29) is 26.3 Å². The minimum absolute atomic E-state index is 0.185. The van der Waals surface area contributed by atoms with E-state index < -0.39 is 56.1 Å². The maximum absolute atomic E-state index is 12.0. The first-order chi connectivity index (χ1) is 13.6. The summed E-state index contributed by atoms with van der Waals surface area (Å²) in [6.07, 6.45) is -1.32. The Morgan fingerprint density at radius 3 is 1.60 bits per heavy atom. The van der Waals surface area contributed by atoms with Crippen LogP contribution >= 0.6 is 69.6 Å². The molecule has 0 aromatic carbocycles. The SMILES string of the molecule is O=C(O)CC(CC(=O)OCCNC(=O)C(Cl)(Cl)Cl)C(=O)OCCNC(=O)C(Cl)(Cl)Cl. The number of amides is 2. The maximum Gasteiger partial charge on any atom is 0.310 e. The highest BCUT2D eigenvalue weighted by molar-refractivity contribution is 6.76. The number of esters is 2. The molecule has 0 aliphatic heterocycles. The summed E-state index contributed by atoms with van der Waals surface area (Å²) in [7, 11) is 0. The van der Waals surface area contributed by atoms with E-state index in [2.05, 4.69) is 10.6 Å². The van der Waals surface area contributed by atoms with E-state index in [1.54, 1.807) is 0 Å². The fourth-order valence-corrected chi connectivity index (χ4v) is 2.07. The standard InChI is InChI=1S/C14H16Cl6N2O8/c15-13(16,17)11(27)21-1-3-29-9(25)6-7(5-8(23)24)10(26)30-4-2-22-12(28)14(18,19)20/h7H,1-6H2,(H,21,27)(H,22,28)(H,23,24). The average molecular weight is 553 g/mol. The van der Waals surface area contributed by atoms with Crippen LogP contribution in [0.15, 0.2) is 0 Å². The molecule has 3 N–H and O–H groups in total. The number of carboxylic acids is 1. The van der Waals surface area contributed by atoms with Gasteiger partial charge in [0.1, 0.15) is 13.2 Å². The number of alkyl halides is 6. The molecule has 0 fully saturated rings. The molecule has 172 valence electrons. The Morgan fingerprint density at radius 2 is 1.20 bits per heavy atom. The molecule has 0 aliphatic carbocycles. The molecule has 1 atom stereocenters. The third kappa shape index (κ3) is 13.4. The lowest BCUT2D eigenvalue weighted by Gasteiger charge is -2.15. The monoisotopic (exact) mass is 550 g/mol. The number of carboxylic acid groups (broad SMARTS) is 1. The van der Waals surface area contributed by atoms with Crippen molar-refractivity contribution in [3.63, 3.8) is 0 Å². The highest BCUT2D eigenvalue weighted by atomic mass is 35.6. The van der Waals surface area contributed by atoms with Gasteiger partial charge in [-0.05, 0) is 0 Å². The fraction of sp³-hybridized carbons (Fsp3) is 0.643. The molecular formula is C14H16Cl6N2O8. The average Bonchev–Trinajstić information content (AvgIpc) is 2.59. The van der Waals surface area contributed by atoms with Gasteiger partial charge >= 0.3 is 17.9 Å². The molecule has 0 bridgehead atoms. The van der Waals surface area contributed by atoms with Crippen molar-refractivity contribution in [1.29, 1.82) is 0 Å². The van der Waals surface area contributed by atoms with Crippen LogP contribution in [0.25, 0.3) is 0 Å². The lowest BCUT2D eigenvalue weighted by Crippen LogP contribution is -2.37. The molecule has 0 aromatic rings. The van der Waals surface area contributed by atoms with Crippen LogP contribution in [0, 0.1) is 5.92 Å². The smallest absolute Gasteiger partial charge is 0.310 e. The summed E-state index contributed by atoms with van der Waals surface area (Å²) in [5.74, 6) is -6.53. The number of nitrogens with one attached hydrogen (secondary N) is 2. The molecule has 30 heavy (non-hydrogen) atoms. The van der Waals surface area contributed by atoms with Crippen molar-refractivity contribution in [2.45, 2.75) is 20.4 Å². The van der Waals surface area contributed by atoms with Gasteiger partial charge in [-0.25, -0.2) is 0 Å². The van der Waals surface area contributed by atoms with Gasteiger partial charge in [0.2, 0.25) is 0 Å². The Balaban J connectivity index is 4.44. The summed E-state index contributed by atoms with van der Waals surface area (Å²) in [6, 6.07) is 0. The van der Waals surface area contributed by atoms with Crippen LogP contribution in [-0.4, -0.2) is 68.7 Å². The molecule has 16 heteroatoms. The Kier molecular flexibility index (Phi) is 13.1. The zero-order valence-corrected chi connectivity index (χ0v) is 19.4. The first-order valence-electron chi connectivity index (χ1n) is 7.88. The van der Waals surface area contributed by atoms with Crippen LogP contribution in [-0.2, 0) is 33.4 Å². The Morgan fingerprint density at radius 1 is 0.767 bits per heavy atom. The van der Waals surface area contributed by atoms with Crippen LogP contribution in [0.4, 0.5) is 0 Å². The molecule has 0 heterocycles. The second-order valence-electron chi connectivity index (χ2n) is 5.39. The molecule has 2 amide bonds. The highest BCUT2D eigenvalue weighted by Gasteiger charge is 2.31. The summed E-state index contributed by atoms with van der Waals surface area (Å²) >= 11 is 32.0. The number of rotatable bonds is 11. The predicted octanol–water partition coefficient (Wildman–Crippen LogP) is 1.53. The zero-order chi connectivity index (χ0) is 23.5. The van der Waals surface area contributed by atoms with Crippen molar-refractivity contribution in [3.8, 4) is 0 Å². The fourth-order valence-electron chi connectivity index (χ4n) is 1.67. The first-order valence-corrected chi connectivity index (χ1v) is 10.2. The van der Waals surface area contributed by atoms with Crippen LogP contribution in [0.3, 0.4) is 0 Å². The minimum Gasteiger partial charge on any atom is -0.481 e. The molecule has 0 spiro atoms. The largest absolute Gasteiger partial charge is 0.481 e. The van der Waals surface area contributed by atoms with Crippen molar-refractivity contribution in [1.82, 2.24) is 10.6 Å². The molecule has 10 nitrogen and oxygen atoms in total. The van der Waals surface area contributed by atoms with Crippen molar-refractivity contribution >= 4 is 99.3 Å². The van der Waals surface area contributed by atoms with Gasteiger partial charge in [0.25, 0.3) is 19.4 Å². The molecule has 0 saturated carbocycles. The van der Waals surface area contributed by atoms with Gasteiger partial charge in [0.05, 0.1) is 31.8 Å². The number of halogens is 6. The summed E-state index contributed by atoms with van der Waals surface area (Å²) < 4.78 is 5.21. The van der Waals surface area contributed by atoms with Gasteiger partial charge in [0.15, 0.2) is 0 Å². The Labute approximate surface area is 200 Å². The lowest BCUT2D eigenvalue weighted by atomic mass is 10.0. The molecule has 0 aliphatic rings. The second kappa shape index (κ2) is 13.5. The van der Waals surface area contributed by atoms with Gasteiger partial charge in [0, 0.05) is 0 Å². The number of carbonyl (C=O) groups excluding carboxylic acids is 4. The van der Waals surface area contributed by atoms with Crippen LogP contribution in [0.5, 0.6) is 0 Å². The molecule has 1 unspecified atom stereocenters. The maximum atomic E-state index is 12.0. The van der Waals surface area contributed by atoms with E-state index in [4.69, 9.17) is 84.2 Å². The third-order valence-corrected chi connectivity index (χ3v) is 3.99. The zero-order valence-electron chi connectivity index (χ0n) is 14.9. The van der Waals surface area contributed by atoms with Crippen LogP contribution in [0.2, 0.25) is 0 Å². The van der Waals surface area contributed by atoms with E-state index in [1.165, 1.54) is 0 Å². The number of aliphatic carboxylic acids is 1. The number of ether oxygens (including phenoxy) is 2. The van der Waals surface area contributed by atoms with E-state index in [0.717, 1.165) is 0 Å². The van der Waals surface area contributed by atoms with Gasteiger partial charge in [-0.2, -0.15) is 0 Å². The lowest BCUT2D eigenvalue weighted by molar-refractivity contribution is -0.158. The van der Waals surface area contributed by atoms with Gasteiger partial charge in [-0.15, -0.1) is 0 Å². The normalized spacial score (nSPS) is 12.5.